The Kier molecular flexibility index (Phi) is 4.98. The maximum atomic E-state index is 6.08. The Morgan fingerprint density at radius 2 is 2.25 bits per heavy atom. The van der Waals surface area contributed by atoms with E-state index >= 15 is 0 Å². The van der Waals surface area contributed by atoms with Crippen molar-refractivity contribution in [2.45, 2.75) is 24.7 Å². The summed E-state index contributed by atoms with van der Waals surface area (Å²) in [5, 5.41) is 3.01. The van der Waals surface area contributed by atoms with Crippen molar-refractivity contribution in [3.05, 3.63) is 50.9 Å². The number of rotatable bonds is 5. The summed E-state index contributed by atoms with van der Waals surface area (Å²) in [6.45, 7) is 2.44. The molecule has 2 aliphatic heterocycles. The number of halogens is 1. The van der Waals surface area contributed by atoms with Gasteiger partial charge < -0.3 is 14.3 Å². The van der Waals surface area contributed by atoms with E-state index < -0.39 is 0 Å². The van der Waals surface area contributed by atoms with Crippen molar-refractivity contribution >= 4 is 27.3 Å². The molecule has 0 saturated carbocycles. The molecule has 7 heteroatoms. The van der Waals surface area contributed by atoms with E-state index in [-0.39, 0.29) is 11.6 Å². The molecule has 128 valence electrons. The number of hydrogen-bond donors (Lipinski definition) is 1. The van der Waals surface area contributed by atoms with E-state index in [1.54, 1.807) is 11.3 Å². The van der Waals surface area contributed by atoms with Gasteiger partial charge in [-0.3, -0.25) is 0 Å². The lowest BCUT2D eigenvalue weighted by Crippen LogP contribution is -2.52. The molecular formula is C17H19BrN2O3S. The predicted octanol–water partition coefficient (Wildman–Crippen LogP) is 3.26. The van der Waals surface area contributed by atoms with E-state index in [9.17, 15) is 0 Å². The van der Waals surface area contributed by atoms with Gasteiger partial charge in [0.15, 0.2) is 0 Å². The van der Waals surface area contributed by atoms with Crippen LogP contribution in [0.5, 0.6) is 0 Å². The van der Waals surface area contributed by atoms with Crippen LogP contribution < -0.4 is 5.48 Å². The van der Waals surface area contributed by atoms with Gasteiger partial charge in [-0.2, -0.15) is 5.48 Å². The van der Waals surface area contributed by atoms with Gasteiger partial charge in [0.25, 0.3) is 0 Å². The average Bonchev–Trinajstić information content (AvgIpc) is 3.22. The SMILES string of the molecule is Brc1csc([C@]23CO[C@@H](COCc4ccccc4)C[C@H]2CON3)n1. The van der Waals surface area contributed by atoms with E-state index in [2.05, 4.69) is 38.5 Å². The summed E-state index contributed by atoms with van der Waals surface area (Å²) in [6.07, 6.45) is 0.998. The molecule has 5 nitrogen and oxygen atoms in total. The largest absolute Gasteiger partial charge is 0.374 e. The quantitative estimate of drug-likeness (QED) is 0.819. The molecule has 0 unspecified atom stereocenters. The predicted molar refractivity (Wildman–Crippen MR) is 94.5 cm³/mol. The second-order valence-electron chi connectivity index (χ2n) is 6.23. The molecule has 0 radical (unpaired) electrons. The van der Waals surface area contributed by atoms with Gasteiger partial charge in [-0.25, -0.2) is 4.98 Å². The molecule has 1 aromatic heterocycles. The third-order valence-corrected chi connectivity index (χ3v) is 6.33. The average molecular weight is 411 g/mol. The van der Waals surface area contributed by atoms with Gasteiger partial charge in [0.2, 0.25) is 0 Å². The summed E-state index contributed by atoms with van der Waals surface area (Å²) in [5.74, 6) is 0.342. The highest BCUT2D eigenvalue weighted by molar-refractivity contribution is 9.10. The van der Waals surface area contributed by atoms with Crippen molar-refractivity contribution in [2.75, 3.05) is 19.8 Å². The fraction of sp³-hybridized carbons (Fsp3) is 0.471. The third kappa shape index (κ3) is 3.29. The van der Waals surface area contributed by atoms with Crippen molar-refractivity contribution in [1.82, 2.24) is 10.5 Å². The van der Waals surface area contributed by atoms with Gasteiger partial charge >= 0.3 is 0 Å². The first kappa shape index (κ1) is 16.6. The Bertz CT molecular complexity index is 683. The Hall–Kier alpha value is -0.830. The molecule has 3 atom stereocenters. The molecule has 0 bridgehead atoms. The van der Waals surface area contributed by atoms with E-state index in [0.717, 1.165) is 16.0 Å². The number of nitrogens with one attached hydrogen (secondary N) is 1. The van der Waals surface area contributed by atoms with Crippen LogP contribution in [0, 0.1) is 5.92 Å². The van der Waals surface area contributed by atoms with Gasteiger partial charge in [0.05, 0.1) is 32.5 Å². The zero-order valence-corrected chi connectivity index (χ0v) is 15.5. The van der Waals surface area contributed by atoms with Crippen molar-refractivity contribution in [3.63, 3.8) is 0 Å². The van der Waals surface area contributed by atoms with Crippen LogP contribution in [-0.2, 0) is 26.5 Å². The molecule has 2 aromatic rings. The molecule has 2 saturated heterocycles. The topological polar surface area (TPSA) is 52.6 Å². The third-order valence-electron chi connectivity index (χ3n) is 4.60. The van der Waals surface area contributed by atoms with Crippen molar-refractivity contribution < 1.29 is 14.3 Å². The second kappa shape index (κ2) is 7.19. The maximum absolute atomic E-state index is 6.08. The summed E-state index contributed by atoms with van der Waals surface area (Å²) < 4.78 is 12.8. The summed E-state index contributed by atoms with van der Waals surface area (Å²) in [5.41, 5.74) is 4.02. The molecule has 2 aliphatic rings. The number of benzene rings is 1. The number of aromatic nitrogens is 1. The van der Waals surface area contributed by atoms with Crippen molar-refractivity contribution in [3.8, 4) is 0 Å². The summed E-state index contributed by atoms with van der Waals surface area (Å²) in [7, 11) is 0. The summed E-state index contributed by atoms with van der Waals surface area (Å²) >= 11 is 5.06. The highest BCUT2D eigenvalue weighted by atomic mass is 79.9. The molecule has 0 spiro atoms. The first-order valence-electron chi connectivity index (χ1n) is 8.00. The lowest BCUT2D eigenvalue weighted by atomic mass is 9.81. The summed E-state index contributed by atoms with van der Waals surface area (Å²) in [4.78, 5) is 10.1. The molecule has 0 aliphatic carbocycles. The smallest absolute Gasteiger partial charge is 0.123 e. The molecule has 2 fully saturated rings. The van der Waals surface area contributed by atoms with Crippen LogP contribution in [0.3, 0.4) is 0 Å². The lowest BCUT2D eigenvalue weighted by molar-refractivity contribution is -0.0988. The van der Waals surface area contributed by atoms with Gasteiger partial charge in [0.1, 0.15) is 15.1 Å². The number of thiazole rings is 1. The van der Waals surface area contributed by atoms with Crippen LogP contribution in [0.4, 0.5) is 0 Å². The summed E-state index contributed by atoms with van der Waals surface area (Å²) in [6, 6.07) is 10.2. The molecular weight excluding hydrogens is 392 g/mol. The van der Waals surface area contributed by atoms with E-state index in [1.165, 1.54) is 5.56 Å². The van der Waals surface area contributed by atoms with Crippen LogP contribution in [0.25, 0.3) is 0 Å². The molecule has 0 amide bonds. The zero-order valence-electron chi connectivity index (χ0n) is 13.1. The molecule has 3 heterocycles. The van der Waals surface area contributed by atoms with E-state index in [1.807, 2.05) is 23.6 Å². The van der Waals surface area contributed by atoms with Crippen LogP contribution in [-0.4, -0.2) is 30.9 Å². The zero-order chi connectivity index (χ0) is 16.4. The van der Waals surface area contributed by atoms with Crippen LogP contribution in [0.1, 0.15) is 17.0 Å². The number of hydroxylamine groups is 1. The van der Waals surface area contributed by atoms with Gasteiger partial charge in [-0.15, -0.1) is 11.3 Å². The lowest BCUT2D eigenvalue weighted by Gasteiger charge is -2.39. The Morgan fingerprint density at radius 3 is 3.04 bits per heavy atom. The first-order valence-corrected chi connectivity index (χ1v) is 9.67. The molecule has 1 N–H and O–H groups in total. The van der Waals surface area contributed by atoms with Crippen molar-refractivity contribution in [2.24, 2.45) is 5.92 Å². The number of ether oxygens (including phenoxy) is 2. The van der Waals surface area contributed by atoms with E-state index in [0.29, 0.717) is 32.3 Å². The van der Waals surface area contributed by atoms with Gasteiger partial charge in [-0.05, 0) is 27.9 Å². The maximum Gasteiger partial charge on any atom is 0.123 e. The minimum atomic E-state index is -0.327. The number of nitrogens with zero attached hydrogens (tertiary/aromatic N) is 1. The molecule has 4 rings (SSSR count). The molecule has 24 heavy (non-hydrogen) atoms. The van der Waals surface area contributed by atoms with E-state index in [4.69, 9.17) is 14.3 Å². The molecule has 1 aromatic carbocycles. The monoisotopic (exact) mass is 410 g/mol. The minimum absolute atomic E-state index is 0.0961. The fourth-order valence-electron chi connectivity index (χ4n) is 3.29. The first-order chi connectivity index (χ1) is 11.8. The Morgan fingerprint density at radius 1 is 1.38 bits per heavy atom. The highest BCUT2D eigenvalue weighted by Crippen LogP contribution is 2.42. The second-order valence-corrected chi connectivity index (χ2v) is 7.90. The van der Waals surface area contributed by atoms with Crippen LogP contribution in [0.15, 0.2) is 40.3 Å². The highest BCUT2D eigenvalue weighted by Gasteiger charge is 2.52. The van der Waals surface area contributed by atoms with Crippen LogP contribution in [0.2, 0.25) is 0 Å². The van der Waals surface area contributed by atoms with Gasteiger partial charge in [-0.1, -0.05) is 30.3 Å². The van der Waals surface area contributed by atoms with Crippen molar-refractivity contribution in [1.29, 1.82) is 0 Å². The number of hydrogen-bond acceptors (Lipinski definition) is 6. The standard InChI is InChI=1S/C17H19BrN2O3S/c18-15-10-24-16(19-15)17-11-22-14(6-13(17)8-23-20-17)9-21-7-12-4-2-1-3-5-12/h1-5,10,13-14,20H,6-9,11H2/t13-,14+,17-/m0/s1. The Labute approximate surface area is 153 Å². The van der Waals surface area contributed by atoms with Crippen LogP contribution >= 0.6 is 27.3 Å². The Balaban J connectivity index is 1.36. The minimum Gasteiger partial charge on any atom is -0.374 e. The fourth-order valence-corrected chi connectivity index (χ4v) is 4.75. The number of fused-ring (bicyclic) bond motifs is 1. The normalized spacial score (nSPS) is 29.5. The van der Waals surface area contributed by atoms with Gasteiger partial charge in [0, 0.05) is 11.3 Å².